The molecule has 82 valence electrons. The summed E-state index contributed by atoms with van der Waals surface area (Å²) in [5.41, 5.74) is 4.15. The number of nitrogens with one attached hydrogen (secondary N) is 1. The van der Waals surface area contributed by atoms with E-state index >= 15 is 0 Å². The minimum absolute atomic E-state index is 0.655. The fraction of sp³-hybridized carbons (Fsp3) is 0.333. The van der Waals surface area contributed by atoms with E-state index in [0.29, 0.717) is 12.3 Å². The summed E-state index contributed by atoms with van der Waals surface area (Å²) in [6.07, 6.45) is 5.11. The molecule has 4 nitrogen and oxygen atoms in total. The minimum Gasteiger partial charge on any atom is -0.327 e. The second-order valence-corrected chi connectivity index (χ2v) is 4.26. The Morgan fingerprint density at radius 3 is 3.00 bits per heavy atom. The summed E-state index contributed by atoms with van der Waals surface area (Å²) in [5, 5.41) is 2.65. The number of aryl methyl sites for hydroxylation is 1. The van der Waals surface area contributed by atoms with Gasteiger partial charge < -0.3 is 9.72 Å². The molecule has 4 heteroatoms. The average molecular weight is 215 g/mol. The van der Waals surface area contributed by atoms with Crippen LogP contribution >= 0.6 is 0 Å². The third-order valence-electron chi connectivity index (χ3n) is 3.08. The van der Waals surface area contributed by atoms with Crippen LogP contribution in [0.1, 0.15) is 30.1 Å². The van der Waals surface area contributed by atoms with Crippen LogP contribution < -0.4 is 5.32 Å². The molecule has 2 aromatic rings. The number of rotatable bonds is 3. The molecule has 16 heavy (non-hydrogen) atoms. The normalized spacial score (nSPS) is 15.3. The molecule has 0 aliphatic heterocycles. The van der Waals surface area contributed by atoms with Gasteiger partial charge in [0.05, 0.1) is 11.4 Å². The molecule has 1 aliphatic carbocycles. The maximum atomic E-state index is 10.4. The van der Waals surface area contributed by atoms with Crippen LogP contribution in [-0.2, 0) is 4.79 Å². The van der Waals surface area contributed by atoms with Crippen molar-refractivity contribution in [2.45, 2.75) is 25.7 Å². The van der Waals surface area contributed by atoms with Crippen LogP contribution in [0.2, 0.25) is 0 Å². The lowest BCUT2D eigenvalue weighted by Crippen LogP contribution is -1.96. The third kappa shape index (κ3) is 1.38. The van der Waals surface area contributed by atoms with Gasteiger partial charge >= 0.3 is 0 Å². The second kappa shape index (κ2) is 3.33. The predicted octanol–water partition coefficient (Wildman–Crippen LogP) is 2.09. The molecule has 0 bridgehead atoms. The molecule has 0 aromatic carbocycles. The van der Waals surface area contributed by atoms with Gasteiger partial charge in [-0.2, -0.15) is 0 Å². The number of pyridine rings is 1. The molecule has 1 amide bonds. The van der Waals surface area contributed by atoms with Crippen molar-refractivity contribution in [3.8, 4) is 0 Å². The molecule has 1 N–H and O–H groups in total. The average Bonchev–Trinajstić information content (AvgIpc) is 3.07. The molecule has 1 saturated carbocycles. The monoisotopic (exact) mass is 215 g/mol. The molecule has 1 aliphatic rings. The highest BCUT2D eigenvalue weighted by Gasteiger charge is 2.28. The quantitative estimate of drug-likeness (QED) is 0.797. The highest BCUT2D eigenvalue weighted by atomic mass is 16.1. The Kier molecular flexibility index (Phi) is 1.96. The standard InChI is InChI=1S/C12H13N3O/c1-8-12(9-2-3-9)14-11-5-4-10(13-7-16)6-15(8)11/h4-7,9H,2-3H2,1H3,(H,13,16). The van der Waals surface area contributed by atoms with Gasteiger partial charge in [-0.15, -0.1) is 0 Å². The second-order valence-electron chi connectivity index (χ2n) is 4.26. The number of nitrogens with zero attached hydrogens (tertiary/aromatic N) is 2. The molecular weight excluding hydrogens is 202 g/mol. The van der Waals surface area contributed by atoms with E-state index in [4.69, 9.17) is 0 Å². The van der Waals surface area contributed by atoms with Crippen molar-refractivity contribution >= 4 is 17.7 Å². The lowest BCUT2D eigenvalue weighted by atomic mass is 10.2. The van der Waals surface area contributed by atoms with Crippen LogP contribution in [0.15, 0.2) is 18.3 Å². The summed E-state index contributed by atoms with van der Waals surface area (Å²) in [6, 6.07) is 3.80. The zero-order chi connectivity index (χ0) is 11.1. The van der Waals surface area contributed by atoms with Crippen LogP contribution in [-0.4, -0.2) is 15.8 Å². The minimum atomic E-state index is 0.655. The number of carbonyl (C=O) groups is 1. The SMILES string of the molecule is Cc1c(C2CC2)nc2ccc(NC=O)cn12. The van der Waals surface area contributed by atoms with E-state index in [-0.39, 0.29) is 0 Å². The maximum absolute atomic E-state index is 10.4. The number of hydrogen-bond acceptors (Lipinski definition) is 2. The van der Waals surface area contributed by atoms with Gasteiger partial charge in [-0.05, 0) is 31.9 Å². The van der Waals surface area contributed by atoms with Crippen molar-refractivity contribution in [3.05, 3.63) is 29.7 Å². The number of imidazole rings is 1. The van der Waals surface area contributed by atoms with E-state index in [9.17, 15) is 4.79 Å². The smallest absolute Gasteiger partial charge is 0.211 e. The third-order valence-corrected chi connectivity index (χ3v) is 3.08. The van der Waals surface area contributed by atoms with E-state index in [2.05, 4.69) is 17.2 Å². The van der Waals surface area contributed by atoms with Gasteiger partial charge in [-0.25, -0.2) is 4.98 Å². The van der Waals surface area contributed by atoms with E-state index in [1.165, 1.54) is 24.2 Å². The van der Waals surface area contributed by atoms with Gasteiger partial charge in [0.15, 0.2) is 0 Å². The Labute approximate surface area is 93.3 Å². The topological polar surface area (TPSA) is 46.4 Å². The highest BCUT2D eigenvalue weighted by molar-refractivity contribution is 5.71. The number of carbonyl (C=O) groups excluding carboxylic acids is 1. The molecule has 0 radical (unpaired) electrons. The summed E-state index contributed by atoms with van der Waals surface area (Å²) in [4.78, 5) is 15.0. The molecular formula is C12H13N3O. The number of aromatic nitrogens is 2. The Morgan fingerprint density at radius 1 is 1.50 bits per heavy atom. The Bertz CT molecular complexity index is 555. The van der Waals surface area contributed by atoms with Crippen LogP contribution in [0.3, 0.4) is 0 Å². The van der Waals surface area contributed by atoms with Crippen molar-refractivity contribution in [1.29, 1.82) is 0 Å². The first-order valence-corrected chi connectivity index (χ1v) is 5.48. The van der Waals surface area contributed by atoms with Gasteiger partial charge in [0.1, 0.15) is 5.65 Å². The summed E-state index contributed by atoms with van der Waals surface area (Å²) >= 11 is 0. The van der Waals surface area contributed by atoms with Crippen LogP contribution in [0.4, 0.5) is 5.69 Å². The fourth-order valence-electron chi connectivity index (χ4n) is 2.08. The first-order valence-electron chi connectivity index (χ1n) is 5.48. The van der Waals surface area contributed by atoms with Gasteiger partial charge in [-0.1, -0.05) is 0 Å². The Morgan fingerprint density at radius 2 is 2.31 bits per heavy atom. The van der Waals surface area contributed by atoms with E-state index in [1.54, 1.807) is 0 Å². The Balaban J connectivity index is 2.14. The van der Waals surface area contributed by atoms with Crippen molar-refractivity contribution in [1.82, 2.24) is 9.38 Å². The van der Waals surface area contributed by atoms with Crippen molar-refractivity contribution in [3.63, 3.8) is 0 Å². The molecule has 0 spiro atoms. The van der Waals surface area contributed by atoms with Gasteiger partial charge in [0.25, 0.3) is 0 Å². The Hall–Kier alpha value is -1.84. The summed E-state index contributed by atoms with van der Waals surface area (Å²) in [5.74, 6) is 0.655. The molecule has 0 saturated heterocycles. The zero-order valence-electron chi connectivity index (χ0n) is 9.10. The lowest BCUT2D eigenvalue weighted by molar-refractivity contribution is -0.105. The van der Waals surface area contributed by atoms with E-state index in [0.717, 1.165) is 11.3 Å². The first-order chi connectivity index (χ1) is 7.79. The summed E-state index contributed by atoms with van der Waals surface area (Å²) in [7, 11) is 0. The van der Waals surface area contributed by atoms with Gasteiger partial charge in [0.2, 0.25) is 6.41 Å². The van der Waals surface area contributed by atoms with Crippen LogP contribution in [0.5, 0.6) is 0 Å². The van der Waals surface area contributed by atoms with Gasteiger partial charge in [0, 0.05) is 17.8 Å². The molecule has 2 aromatic heterocycles. The van der Waals surface area contributed by atoms with Crippen molar-refractivity contribution < 1.29 is 4.79 Å². The van der Waals surface area contributed by atoms with Crippen molar-refractivity contribution in [2.24, 2.45) is 0 Å². The van der Waals surface area contributed by atoms with Crippen molar-refractivity contribution in [2.75, 3.05) is 5.32 Å². The van der Waals surface area contributed by atoms with Crippen LogP contribution in [0.25, 0.3) is 5.65 Å². The summed E-state index contributed by atoms with van der Waals surface area (Å²) in [6.45, 7) is 2.08. The first kappa shape index (κ1) is 9.39. The molecule has 2 heterocycles. The highest BCUT2D eigenvalue weighted by Crippen LogP contribution is 2.41. The summed E-state index contributed by atoms with van der Waals surface area (Å²) < 4.78 is 2.04. The van der Waals surface area contributed by atoms with Gasteiger partial charge in [-0.3, -0.25) is 4.79 Å². The number of fused-ring (bicyclic) bond motifs is 1. The zero-order valence-corrected chi connectivity index (χ0v) is 9.10. The van der Waals surface area contributed by atoms with E-state index in [1.807, 2.05) is 22.7 Å². The molecule has 3 rings (SSSR count). The van der Waals surface area contributed by atoms with Crippen LogP contribution in [0, 0.1) is 6.92 Å². The number of anilines is 1. The molecule has 0 unspecified atom stereocenters. The molecule has 0 atom stereocenters. The number of hydrogen-bond donors (Lipinski definition) is 1. The largest absolute Gasteiger partial charge is 0.327 e. The number of amides is 1. The molecule has 1 fully saturated rings. The lowest BCUT2D eigenvalue weighted by Gasteiger charge is -2.01. The maximum Gasteiger partial charge on any atom is 0.211 e. The van der Waals surface area contributed by atoms with E-state index < -0.39 is 0 Å². The predicted molar refractivity (Wildman–Crippen MR) is 61.6 cm³/mol. The fourth-order valence-corrected chi connectivity index (χ4v) is 2.08.